The number of pyridine rings is 1. The van der Waals surface area contributed by atoms with Gasteiger partial charge in [0.2, 0.25) is 0 Å². The van der Waals surface area contributed by atoms with Crippen LogP contribution in [-0.4, -0.2) is 21.5 Å². The molecule has 2 rings (SSSR count). The van der Waals surface area contributed by atoms with Gasteiger partial charge in [0.25, 0.3) is 0 Å². The molecule has 0 saturated carbocycles. The van der Waals surface area contributed by atoms with Gasteiger partial charge in [-0.25, -0.2) is 15.0 Å². The molecule has 0 amide bonds. The molecule has 0 spiro atoms. The summed E-state index contributed by atoms with van der Waals surface area (Å²) in [6, 6.07) is 7.92. The van der Waals surface area contributed by atoms with Gasteiger partial charge in [0.15, 0.2) is 5.82 Å². The Bertz CT molecular complexity index is 552. The van der Waals surface area contributed by atoms with E-state index < -0.39 is 0 Å². The third kappa shape index (κ3) is 3.50. The standard InChI is InChI=1S/C15H20N4/c1-4-9-16-14-10-12(5-2)18-15(19-14)13-8-6-7-11(3)17-13/h6-8,10H,4-5,9H2,1-3H3,(H,16,18,19). The summed E-state index contributed by atoms with van der Waals surface area (Å²) in [6.45, 7) is 7.13. The highest BCUT2D eigenvalue weighted by molar-refractivity contribution is 5.53. The van der Waals surface area contributed by atoms with Crippen molar-refractivity contribution in [3.63, 3.8) is 0 Å². The van der Waals surface area contributed by atoms with E-state index in [1.165, 1.54) is 0 Å². The molecule has 1 N–H and O–H groups in total. The maximum atomic E-state index is 4.56. The molecule has 0 atom stereocenters. The molecule has 0 fully saturated rings. The first-order valence-corrected chi connectivity index (χ1v) is 6.78. The topological polar surface area (TPSA) is 50.7 Å². The van der Waals surface area contributed by atoms with Crippen LogP contribution in [0.1, 0.15) is 31.7 Å². The molecule has 2 heterocycles. The molecule has 0 bridgehead atoms. The lowest BCUT2D eigenvalue weighted by Crippen LogP contribution is -2.06. The van der Waals surface area contributed by atoms with Crippen molar-refractivity contribution in [3.05, 3.63) is 35.7 Å². The van der Waals surface area contributed by atoms with Gasteiger partial charge in [-0.3, -0.25) is 0 Å². The minimum absolute atomic E-state index is 0.696. The number of hydrogen-bond donors (Lipinski definition) is 1. The van der Waals surface area contributed by atoms with Crippen LogP contribution < -0.4 is 5.32 Å². The third-order valence-corrected chi connectivity index (χ3v) is 2.81. The van der Waals surface area contributed by atoms with Gasteiger partial charge in [-0.15, -0.1) is 0 Å². The van der Waals surface area contributed by atoms with Crippen LogP contribution in [0.4, 0.5) is 5.82 Å². The Hall–Kier alpha value is -1.97. The minimum atomic E-state index is 0.696. The third-order valence-electron chi connectivity index (χ3n) is 2.81. The van der Waals surface area contributed by atoms with Gasteiger partial charge in [0.05, 0.1) is 0 Å². The Morgan fingerprint density at radius 2 is 1.95 bits per heavy atom. The van der Waals surface area contributed by atoms with E-state index in [-0.39, 0.29) is 0 Å². The first kappa shape index (κ1) is 13.5. The zero-order chi connectivity index (χ0) is 13.7. The summed E-state index contributed by atoms with van der Waals surface area (Å²) in [7, 11) is 0. The van der Waals surface area contributed by atoms with Crippen molar-refractivity contribution in [2.45, 2.75) is 33.6 Å². The molecule has 0 saturated heterocycles. The molecule has 0 aliphatic carbocycles. The van der Waals surface area contributed by atoms with Crippen LogP contribution in [0.2, 0.25) is 0 Å². The Morgan fingerprint density at radius 1 is 1.11 bits per heavy atom. The SMILES string of the molecule is CCCNc1cc(CC)nc(-c2cccc(C)n2)n1. The lowest BCUT2D eigenvalue weighted by Gasteiger charge is -2.08. The highest BCUT2D eigenvalue weighted by Crippen LogP contribution is 2.16. The molecule has 19 heavy (non-hydrogen) atoms. The van der Waals surface area contributed by atoms with Crippen LogP contribution in [0, 0.1) is 6.92 Å². The zero-order valence-electron chi connectivity index (χ0n) is 11.8. The zero-order valence-corrected chi connectivity index (χ0v) is 11.8. The largest absolute Gasteiger partial charge is 0.370 e. The molecular weight excluding hydrogens is 236 g/mol. The number of anilines is 1. The van der Waals surface area contributed by atoms with E-state index in [0.29, 0.717) is 5.82 Å². The lowest BCUT2D eigenvalue weighted by molar-refractivity contribution is 0.948. The number of rotatable bonds is 5. The smallest absolute Gasteiger partial charge is 0.180 e. The number of nitrogens with zero attached hydrogens (tertiary/aromatic N) is 3. The van der Waals surface area contributed by atoms with Crippen LogP contribution in [-0.2, 0) is 6.42 Å². The summed E-state index contributed by atoms with van der Waals surface area (Å²) >= 11 is 0. The van der Waals surface area contributed by atoms with Crippen molar-refractivity contribution in [3.8, 4) is 11.5 Å². The maximum absolute atomic E-state index is 4.56. The fourth-order valence-electron chi connectivity index (χ4n) is 1.80. The molecule has 100 valence electrons. The van der Waals surface area contributed by atoms with Crippen molar-refractivity contribution in [2.75, 3.05) is 11.9 Å². The fraction of sp³-hybridized carbons (Fsp3) is 0.400. The lowest BCUT2D eigenvalue weighted by atomic mass is 10.2. The monoisotopic (exact) mass is 256 g/mol. The predicted octanol–water partition coefficient (Wildman–Crippen LogP) is 3.23. The fourth-order valence-corrected chi connectivity index (χ4v) is 1.80. The summed E-state index contributed by atoms with van der Waals surface area (Å²) in [5.41, 5.74) is 2.84. The number of aryl methyl sites for hydroxylation is 2. The highest BCUT2D eigenvalue weighted by atomic mass is 15.0. The number of hydrogen-bond acceptors (Lipinski definition) is 4. The van der Waals surface area contributed by atoms with Crippen LogP contribution in [0.5, 0.6) is 0 Å². The highest BCUT2D eigenvalue weighted by Gasteiger charge is 2.07. The van der Waals surface area contributed by atoms with Crippen LogP contribution >= 0.6 is 0 Å². The predicted molar refractivity (Wildman–Crippen MR) is 78.2 cm³/mol. The Labute approximate surface area is 114 Å². The van der Waals surface area contributed by atoms with Gasteiger partial charge in [0.1, 0.15) is 11.5 Å². The van der Waals surface area contributed by atoms with Crippen LogP contribution in [0.25, 0.3) is 11.5 Å². The van der Waals surface area contributed by atoms with Gasteiger partial charge in [-0.2, -0.15) is 0 Å². The molecule has 4 heteroatoms. The summed E-state index contributed by atoms with van der Waals surface area (Å²) in [5.74, 6) is 1.58. The summed E-state index contributed by atoms with van der Waals surface area (Å²) in [5, 5.41) is 3.31. The molecule has 0 aliphatic rings. The van der Waals surface area contributed by atoms with Crippen molar-refractivity contribution < 1.29 is 0 Å². The average molecular weight is 256 g/mol. The molecule has 2 aromatic rings. The van der Waals surface area contributed by atoms with Crippen molar-refractivity contribution in [1.29, 1.82) is 0 Å². The van der Waals surface area contributed by atoms with E-state index in [1.807, 2.05) is 31.2 Å². The van der Waals surface area contributed by atoms with E-state index in [4.69, 9.17) is 0 Å². The number of aromatic nitrogens is 3. The Kier molecular flexibility index (Phi) is 4.44. The number of nitrogens with one attached hydrogen (secondary N) is 1. The molecule has 0 aliphatic heterocycles. The molecule has 4 nitrogen and oxygen atoms in total. The van der Waals surface area contributed by atoms with Crippen LogP contribution in [0.15, 0.2) is 24.3 Å². The summed E-state index contributed by atoms with van der Waals surface area (Å²) in [6.07, 6.45) is 1.96. The minimum Gasteiger partial charge on any atom is -0.370 e. The van der Waals surface area contributed by atoms with Crippen LogP contribution in [0.3, 0.4) is 0 Å². The normalized spacial score (nSPS) is 10.5. The van der Waals surface area contributed by atoms with E-state index in [0.717, 1.165) is 42.3 Å². The average Bonchev–Trinajstić information content (AvgIpc) is 2.44. The maximum Gasteiger partial charge on any atom is 0.180 e. The molecule has 0 radical (unpaired) electrons. The van der Waals surface area contributed by atoms with E-state index in [1.54, 1.807) is 0 Å². The van der Waals surface area contributed by atoms with Gasteiger partial charge >= 0.3 is 0 Å². The van der Waals surface area contributed by atoms with Crippen molar-refractivity contribution in [2.24, 2.45) is 0 Å². The summed E-state index contributed by atoms with van der Waals surface area (Å²) in [4.78, 5) is 13.6. The van der Waals surface area contributed by atoms with Gasteiger partial charge in [-0.1, -0.05) is 19.9 Å². The van der Waals surface area contributed by atoms with Crippen molar-refractivity contribution in [1.82, 2.24) is 15.0 Å². The molecule has 2 aromatic heterocycles. The van der Waals surface area contributed by atoms with E-state index in [9.17, 15) is 0 Å². The first-order chi connectivity index (χ1) is 9.22. The first-order valence-electron chi connectivity index (χ1n) is 6.78. The van der Waals surface area contributed by atoms with E-state index >= 15 is 0 Å². The van der Waals surface area contributed by atoms with Gasteiger partial charge < -0.3 is 5.32 Å². The van der Waals surface area contributed by atoms with E-state index in [2.05, 4.69) is 34.1 Å². The molecule has 0 aromatic carbocycles. The second-order valence-corrected chi connectivity index (χ2v) is 4.51. The second kappa shape index (κ2) is 6.27. The second-order valence-electron chi connectivity index (χ2n) is 4.51. The quantitative estimate of drug-likeness (QED) is 0.892. The van der Waals surface area contributed by atoms with Gasteiger partial charge in [0, 0.05) is 24.0 Å². The van der Waals surface area contributed by atoms with Gasteiger partial charge in [-0.05, 0) is 31.9 Å². The Morgan fingerprint density at radius 3 is 2.63 bits per heavy atom. The van der Waals surface area contributed by atoms with Crippen molar-refractivity contribution >= 4 is 5.82 Å². The molecule has 0 unspecified atom stereocenters. The summed E-state index contributed by atoms with van der Waals surface area (Å²) < 4.78 is 0. The Balaban J connectivity index is 2.38. The molecular formula is C15H20N4.